The molecule has 0 bridgehead atoms. The van der Waals surface area contributed by atoms with Crippen molar-refractivity contribution in [1.82, 2.24) is 0 Å². The van der Waals surface area contributed by atoms with Crippen molar-refractivity contribution in [2.75, 3.05) is 6.67 Å². The number of unbranched alkanes of at least 4 members (excludes halogenated alkanes) is 2. The zero-order valence-corrected chi connectivity index (χ0v) is 5.87. The number of hydrogen-bond acceptors (Lipinski definition) is 0. The lowest BCUT2D eigenvalue weighted by Crippen LogP contribution is -2.01. The molecule has 0 nitrogen and oxygen atoms in total. The van der Waals surface area contributed by atoms with Gasteiger partial charge in [-0.25, -0.2) is 8.78 Å². The molecule has 0 aliphatic carbocycles. The number of alkyl halides is 2. The second kappa shape index (κ2) is 5.99. The first-order valence-corrected chi connectivity index (χ1v) is 3.51. The fourth-order valence-corrected chi connectivity index (χ4v) is 0.693. The summed E-state index contributed by atoms with van der Waals surface area (Å²) >= 11 is 0. The molecule has 1 atom stereocenters. The summed E-state index contributed by atoms with van der Waals surface area (Å²) in [6.45, 7) is 1.23. The highest BCUT2D eigenvalue weighted by Crippen LogP contribution is 2.06. The van der Waals surface area contributed by atoms with Gasteiger partial charge in [-0.1, -0.05) is 26.2 Å². The summed E-state index contributed by atoms with van der Waals surface area (Å²) in [4.78, 5) is 0. The average Bonchev–Trinajstić information content (AvgIpc) is 1.89. The zero-order chi connectivity index (χ0) is 7.11. The van der Waals surface area contributed by atoms with Crippen LogP contribution in [0.15, 0.2) is 0 Å². The van der Waals surface area contributed by atoms with Crippen molar-refractivity contribution in [3.8, 4) is 0 Å². The van der Waals surface area contributed by atoms with Gasteiger partial charge in [0.25, 0.3) is 0 Å². The van der Waals surface area contributed by atoms with Crippen LogP contribution in [0.1, 0.15) is 32.6 Å². The lowest BCUT2D eigenvalue weighted by molar-refractivity contribution is 0.242. The fourth-order valence-electron chi connectivity index (χ4n) is 0.693. The van der Waals surface area contributed by atoms with Crippen LogP contribution in [0.25, 0.3) is 0 Å². The zero-order valence-electron chi connectivity index (χ0n) is 5.87. The summed E-state index contributed by atoms with van der Waals surface area (Å²) in [6.07, 6.45) is 2.09. The normalized spacial score (nSPS) is 13.7. The van der Waals surface area contributed by atoms with E-state index in [0.717, 1.165) is 19.3 Å². The van der Waals surface area contributed by atoms with Crippen LogP contribution in [-0.2, 0) is 0 Å². The van der Waals surface area contributed by atoms with Crippen LogP contribution in [0.3, 0.4) is 0 Å². The van der Waals surface area contributed by atoms with E-state index in [1.54, 1.807) is 0 Å². The molecule has 0 heterocycles. The summed E-state index contributed by atoms with van der Waals surface area (Å²) in [5.41, 5.74) is 0. The van der Waals surface area contributed by atoms with Crippen molar-refractivity contribution in [2.24, 2.45) is 0 Å². The van der Waals surface area contributed by atoms with Gasteiger partial charge in [-0.2, -0.15) is 0 Å². The summed E-state index contributed by atoms with van der Waals surface area (Å²) < 4.78 is 23.5. The van der Waals surface area contributed by atoms with Crippen molar-refractivity contribution in [3.63, 3.8) is 0 Å². The Morgan fingerprint density at radius 2 is 2.00 bits per heavy atom. The summed E-state index contributed by atoms with van der Waals surface area (Å²) in [6, 6.07) is 0. The molecule has 0 radical (unpaired) electrons. The van der Waals surface area contributed by atoms with E-state index in [0.29, 0.717) is 6.42 Å². The maximum Gasteiger partial charge on any atom is 0.128 e. The molecule has 0 aliphatic heterocycles. The Morgan fingerprint density at radius 1 is 1.33 bits per heavy atom. The smallest absolute Gasteiger partial charge is 0.128 e. The topological polar surface area (TPSA) is 0 Å². The Bertz CT molecular complexity index is 54.9. The van der Waals surface area contributed by atoms with Crippen LogP contribution in [-0.4, -0.2) is 12.8 Å². The maximum absolute atomic E-state index is 12.1. The van der Waals surface area contributed by atoms with Gasteiger partial charge in [0.2, 0.25) is 0 Å². The van der Waals surface area contributed by atoms with E-state index in [4.69, 9.17) is 0 Å². The first-order valence-electron chi connectivity index (χ1n) is 3.51. The van der Waals surface area contributed by atoms with E-state index >= 15 is 0 Å². The quantitative estimate of drug-likeness (QED) is 0.510. The monoisotopic (exact) mass is 136 g/mol. The molecule has 0 aliphatic rings. The molecule has 0 N–H and O–H groups in total. The molecule has 0 aromatic rings. The predicted molar refractivity (Wildman–Crippen MR) is 35.0 cm³/mol. The van der Waals surface area contributed by atoms with Gasteiger partial charge < -0.3 is 0 Å². The molecule has 0 aromatic carbocycles. The molecule has 9 heavy (non-hydrogen) atoms. The van der Waals surface area contributed by atoms with Gasteiger partial charge in [0.05, 0.1) is 0 Å². The third-order valence-electron chi connectivity index (χ3n) is 1.29. The second-order valence-corrected chi connectivity index (χ2v) is 2.25. The minimum Gasteiger partial charge on any atom is -0.248 e. The molecule has 2 heteroatoms. The van der Waals surface area contributed by atoms with E-state index in [9.17, 15) is 8.78 Å². The molecule has 0 saturated carbocycles. The molecular weight excluding hydrogens is 122 g/mol. The molecule has 0 fully saturated rings. The maximum atomic E-state index is 12.1. The molecule has 0 unspecified atom stereocenters. The van der Waals surface area contributed by atoms with E-state index in [1.807, 2.05) is 6.92 Å². The standard InChI is InChI=1S/C7H14F2/c1-2-3-4-5-7(9)6-8/h7H,2-6H2,1H3/t7-/m0/s1. The van der Waals surface area contributed by atoms with Crippen molar-refractivity contribution in [3.05, 3.63) is 0 Å². The van der Waals surface area contributed by atoms with Crippen LogP contribution in [0, 0.1) is 0 Å². The third kappa shape index (κ3) is 5.74. The number of rotatable bonds is 5. The van der Waals surface area contributed by atoms with Gasteiger partial charge in [0.1, 0.15) is 12.8 Å². The van der Waals surface area contributed by atoms with Gasteiger partial charge in [0, 0.05) is 0 Å². The summed E-state index contributed by atoms with van der Waals surface area (Å²) in [5, 5.41) is 0. The van der Waals surface area contributed by atoms with Gasteiger partial charge in [-0.15, -0.1) is 0 Å². The lowest BCUT2D eigenvalue weighted by Gasteiger charge is -2.00. The van der Waals surface area contributed by atoms with Crippen molar-refractivity contribution in [2.45, 2.75) is 38.8 Å². The largest absolute Gasteiger partial charge is 0.248 e. The first kappa shape index (κ1) is 8.86. The molecule has 56 valence electrons. The van der Waals surface area contributed by atoms with Crippen molar-refractivity contribution < 1.29 is 8.78 Å². The Balaban J connectivity index is 2.88. The van der Waals surface area contributed by atoms with Crippen LogP contribution < -0.4 is 0 Å². The van der Waals surface area contributed by atoms with Crippen LogP contribution >= 0.6 is 0 Å². The van der Waals surface area contributed by atoms with Gasteiger partial charge in [-0.3, -0.25) is 0 Å². The molecule has 0 amide bonds. The molecular formula is C7H14F2. The second-order valence-electron chi connectivity index (χ2n) is 2.25. The number of hydrogen-bond donors (Lipinski definition) is 0. The Labute approximate surface area is 55.3 Å². The van der Waals surface area contributed by atoms with E-state index in [2.05, 4.69) is 0 Å². The Morgan fingerprint density at radius 3 is 2.44 bits per heavy atom. The van der Waals surface area contributed by atoms with Crippen molar-refractivity contribution >= 4 is 0 Å². The third-order valence-corrected chi connectivity index (χ3v) is 1.29. The van der Waals surface area contributed by atoms with Crippen molar-refractivity contribution in [1.29, 1.82) is 0 Å². The minimum atomic E-state index is -1.21. The van der Waals surface area contributed by atoms with Gasteiger partial charge in [0.15, 0.2) is 0 Å². The van der Waals surface area contributed by atoms with Crippen LogP contribution in [0.5, 0.6) is 0 Å². The van der Waals surface area contributed by atoms with Crippen LogP contribution in [0.2, 0.25) is 0 Å². The SMILES string of the molecule is CCCCC[C@H](F)CF. The van der Waals surface area contributed by atoms with E-state index in [-0.39, 0.29) is 0 Å². The van der Waals surface area contributed by atoms with E-state index < -0.39 is 12.8 Å². The minimum absolute atomic E-state index is 0.393. The summed E-state index contributed by atoms with van der Waals surface area (Å²) in [5.74, 6) is 0. The average molecular weight is 136 g/mol. The fraction of sp³-hybridized carbons (Fsp3) is 1.00. The highest BCUT2D eigenvalue weighted by molar-refractivity contribution is 4.52. The number of halogens is 2. The molecule has 0 saturated heterocycles. The molecule has 0 aromatic heterocycles. The highest BCUT2D eigenvalue weighted by atomic mass is 19.2. The van der Waals surface area contributed by atoms with E-state index in [1.165, 1.54) is 0 Å². The molecule has 0 spiro atoms. The molecule has 0 rings (SSSR count). The van der Waals surface area contributed by atoms with Crippen LogP contribution in [0.4, 0.5) is 8.78 Å². The Kier molecular flexibility index (Phi) is 5.89. The van der Waals surface area contributed by atoms with Gasteiger partial charge in [-0.05, 0) is 6.42 Å². The Hall–Kier alpha value is -0.140. The van der Waals surface area contributed by atoms with Gasteiger partial charge >= 0.3 is 0 Å². The lowest BCUT2D eigenvalue weighted by atomic mass is 10.1. The highest BCUT2D eigenvalue weighted by Gasteiger charge is 2.02. The first-order chi connectivity index (χ1) is 4.31. The predicted octanol–water partition coefficient (Wildman–Crippen LogP) is 2.87. The summed E-state index contributed by atoms with van der Waals surface area (Å²) in [7, 11) is 0.